The number of halogens is 2. The van der Waals surface area contributed by atoms with E-state index < -0.39 is 6.61 Å². The van der Waals surface area contributed by atoms with E-state index in [4.69, 9.17) is 0 Å². The fourth-order valence-corrected chi connectivity index (χ4v) is 2.12. The fraction of sp³-hybridized carbons (Fsp3) is 0.562. The lowest BCUT2D eigenvalue weighted by molar-refractivity contribution is -0.120. The Morgan fingerprint density at radius 2 is 1.91 bits per heavy atom. The Morgan fingerprint density at radius 3 is 2.41 bits per heavy atom. The summed E-state index contributed by atoms with van der Waals surface area (Å²) in [5.41, 5.74) is 0.560. The van der Waals surface area contributed by atoms with Gasteiger partial charge in [0.05, 0.1) is 6.04 Å². The van der Waals surface area contributed by atoms with Gasteiger partial charge in [-0.2, -0.15) is 8.78 Å². The van der Waals surface area contributed by atoms with Gasteiger partial charge in [-0.3, -0.25) is 9.69 Å². The average molecular weight is 314 g/mol. The van der Waals surface area contributed by atoms with Crippen LogP contribution in [-0.4, -0.2) is 36.5 Å². The maximum absolute atomic E-state index is 12.2. The molecule has 4 nitrogen and oxygen atoms in total. The molecule has 0 aromatic heterocycles. The number of nitrogens with zero attached hydrogens (tertiary/aromatic N) is 1. The summed E-state index contributed by atoms with van der Waals surface area (Å²) < 4.78 is 28.4. The molecule has 0 aliphatic heterocycles. The predicted molar refractivity (Wildman–Crippen MR) is 83.3 cm³/mol. The maximum Gasteiger partial charge on any atom is 0.387 e. The van der Waals surface area contributed by atoms with Gasteiger partial charge >= 0.3 is 6.61 Å². The molecule has 0 fully saturated rings. The molecule has 1 unspecified atom stereocenters. The van der Waals surface area contributed by atoms with Crippen LogP contribution in [0.25, 0.3) is 0 Å². The molecule has 1 rings (SSSR count). The van der Waals surface area contributed by atoms with Crippen molar-refractivity contribution in [3.05, 3.63) is 24.3 Å². The van der Waals surface area contributed by atoms with E-state index in [2.05, 4.69) is 21.9 Å². The number of nitrogens with one attached hydrogen (secondary N) is 1. The van der Waals surface area contributed by atoms with Crippen molar-refractivity contribution >= 4 is 11.6 Å². The highest BCUT2D eigenvalue weighted by molar-refractivity contribution is 5.94. The van der Waals surface area contributed by atoms with Crippen molar-refractivity contribution in [2.45, 2.75) is 46.3 Å². The first-order valence-electron chi connectivity index (χ1n) is 7.57. The molecule has 1 amide bonds. The summed E-state index contributed by atoms with van der Waals surface area (Å²) in [4.78, 5) is 14.3. The van der Waals surface area contributed by atoms with Crippen molar-refractivity contribution in [3.63, 3.8) is 0 Å². The predicted octanol–water partition coefficient (Wildman–Crippen LogP) is 3.74. The van der Waals surface area contributed by atoms with E-state index >= 15 is 0 Å². The van der Waals surface area contributed by atoms with Crippen molar-refractivity contribution in [1.29, 1.82) is 0 Å². The third-order valence-electron chi connectivity index (χ3n) is 3.48. The largest absolute Gasteiger partial charge is 0.435 e. The van der Waals surface area contributed by atoms with E-state index in [-0.39, 0.29) is 17.7 Å². The number of hydrogen-bond acceptors (Lipinski definition) is 3. The first-order chi connectivity index (χ1) is 10.5. The lowest BCUT2D eigenvalue weighted by atomic mass is 10.2. The molecule has 1 aromatic rings. The van der Waals surface area contributed by atoms with E-state index in [1.807, 2.05) is 13.8 Å². The second kappa shape index (κ2) is 9.35. The number of rotatable bonds is 9. The van der Waals surface area contributed by atoms with Crippen LogP contribution < -0.4 is 10.1 Å². The van der Waals surface area contributed by atoms with Crippen LogP contribution >= 0.6 is 0 Å². The highest BCUT2D eigenvalue weighted by atomic mass is 19.3. The number of unbranched alkanes of at least 4 members (excludes halogenated alkanes) is 1. The number of benzene rings is 1. The Hall–Kier alpha value is -1.69. The third-order valence-corrected chi connectivity index (χ3v) is 3.48. The highest BCUT2D eigenvalue weighted by Gasteiger charge is 2.19. The Bertz CT molecular complexity index is 452. The van der Waals surface area contributed by atoms with Gasteiger partial charge in [-0.15, -0.1) is 0 Å². The van der Waals surface area contributed by atoms with Gasteiger partial charge in [0.2, 0.25) is 5.91 Å². The monoisotopic (exact) mass is 314 g/mol. The molecule has 0 saturated carbocycles. The Balaban J connectivity index is 2.59. The van der Waals surface area contributed by atoms with Crippen molar-refractivity contribution in [3.8, 4) is 5.75 Å². The van der Waals surface area contributed by atoms with Crippen LogP contribution in [0.2, 0.25) is 0 Å². The van der Waals surface area contributed by atoms with Gasteiger partial charge in [0.1, 0.15) is 5.75 Å². The summed E-state index contributed by atoms with van der Waals surface area (Å²) in [7, 11) is 0. The zero-order valence-corrected chi connectivity index (χ0v) is 13.3. The number of hydrogen-bond donors (Lipinski definition) is 1. The molecule has 1 atom stereocenters. The number of amides is 1. The van der Waals surface area contributed by atoms with Crippen LogP contribution in [0.1, 0.15) is 33.6 Å². The Labute approximate surface area is 130 Å². The van der Waals surface area contributed by atoms with Gasteiger partial charge in [-0.1, -0.05) is 20.3 Å². The minimum Gasteiger partial charge on any atom is -0.435 e. The second-order valence-electron chi connectivity index (χ2n) is 5.05. The number of carbonyl (C=O) groups excluding carboxylic acids is 1. The molecule has 6 heteroatoms. The zero-order valence-electron chi connectivity index (χ0n) is 13.3. The molecule has 22 heavy (non-hydrogen) atoms. The topological polar surface area (TPSA) is 41.6 Å². The minimum atomic E-state index is -2.85. The number of anilines is 1. The molecular formula is C16H24F2N2O2. The molecule has 1 aromatic carbocycles. The summed E-state index contributed by atoms with van der Waals surface area (Å²) in [6, 6.07) is 5.66. The number of carbonyl (C=O) groups is 1. The standard InChI is InChI=1S/C16H24F2N2O2/c1-4-6-11-20(5-2)12(3)15(21)19-13-7-9-14(10-8-13)22-16(17)18/h7-10,12,16H,4-6,11H2,1-3H3,(H,19,21). The van der Waals surface area contributed by atoms with Crippen LogP contribution in [0, 0.1) is 0 Å². The summed E-state index contributed by atoms with van der Waals surface area (Å²) in [6.45, 7) is 4.83. The lowest BCUT2D eigenvalue weighted by Crippen LogP contribution is -2.42. The average Bonchev–Trinajstić information content (AvgIpc) is 2.49. The molecule has 0 spiro atoms. The number of ether oxygens (including phenoxy) is 1. The number of alkyl halides is 2. The zero-order chi connectivity index (χ0) is 16.5. The fourth-order valence-electron chi connectivity index (χ4n) is 2.12. The van der Waals surface area contributed by atoms with Gasteiger partial charge in [-0.05, 0) is 50.7 Å². The first-order valence-corrected chi connectivity index (χ1v) is 7.57. The smallest absolute Gasteiger partial charge is 0.387 e. The van der Waals surface area contributed by atoms with Crippen LogP contribution in [0.15, 0.2) is 24.3 Å². The molecule has 0 aliphatic carbocycles. The Morgan fingerprint density at radius 1 is 1.27 bits per heavy atom. The van der Waals surface area contributed by atoms with Crippen LogP contribution in [0.5, 0.6) is 5.75 Å². The number of likely N-dealkylation sites (N-methyl/N-ethyl adjacent to an activating group) is 1. The SMILES string of the molecule is CCCCN(CC)C(C)C(=O)Nc1ccc(OC(F)F)cc1. The van der Waals surface area contributed by atoms with Crippen molar-refractivity contribution < 1.29 is 18.3 Å². The molecule has 0 saturated heterocycles. The summed E-state index contributed by atoms with van der Waals surface area (Å²) in [5, 5.41) is 2.79. The quantitative estimate of drug-likeness (QED) is 0.755. The lowest BCUT2D eigenvalue weighted by Gasteiger charge is -2.26. The van der Waals surface area contributed by atoms with E-state index in [9.17, 15) is 13.6 Å². The van der Waals surface area contributed by atoms with E-state index in [0.717, 1.165) is 25.9 Å². The van der Waals surface area contributed by atoms with E-state index in [0.29, 0.717) is 5.69 Å². The van der Waals surface area contributed by atoms with Crippen LogP contribution in [0.4, 0.5) is 14.5 Å². The van der Waals surface area contributed by atoms with Gasteiger partial charge < -0.3 is 10.1 Å². The van der Waals surface area contributed by atoms with Crippen LogP contribution in [-0.2, 0) is 4.79 Å². The van der Waals surface area contributed by atoms with E-state index in [1.165, 1.54) is 12.1 Å². The highest BCUT2D eigenvalue weighted by Crippen LogP contribution is 2.18. The maximum atomic E-state index is 12.2. The van der Waals surface area contributed by atoms with Crippen molar-refractivity contribution in [2.24, 2.45) is 0 Å². The second-order valence-corrected chi connectivity index (χ2v) is 5.05. The van der Waals surface area contributed by atoms with Gasteiger partial charge in [0.25, 0.3) is 0 Å². The summed E-state index contributed by atoms with van der Waals surface area (Å²) >= 11 is 0. The van der Waals surface area contributed by atoms with Gasteiger partial charge in [-0.25, -0.2) is 0 Å². The molecule has 0 radical (unpaired) electrons. The van der Waals surface area contributed by atoms with Crippen molar-refractivity contribution in [1.82, 2.24) is 4.90 Å². The molecule has 0 heterocycles. The van der Waals surface area contributed by atoms with E-state index in [1.54, 1.807) is 12.1 Å². The van der Waals surface area contributed by atoms with Crippen molar-refractivity contribution in [2.75, 3.05) is 18.4 Å². The Kier molecular flexibility index (Phi) is 7.80. The molecule has 1 N–H and O–H groups in total. The van der Waals surface area contributed by atoms with Gasteiger partial charge in [0, 0.05) is 5.69 Å². The molecule has 124 valence electrons. The van der Waals surface area contributed by atoms with Crippen LogP contribution in [0.3, 0.4) is 0 Å². The molecule has 0 bridgehead atoms. The normalized spacial score (nSPS) is 12.5. The summed E-state index contributed by atoms with van der Waals surface area (Å²) in [5.74, 6) is -0.0420. The minimum absolute atomic E-state index is 0.0687. The van der Waals surface area contributed by atoms with Gasteiger partial charge in [0.15, 0.2) is 0 Å². The third kappa shape index (κ3) is 5.97. The first kappa shape index (κ1) is 18.4. The molecule has 0 aliphatic rings. The summed E-state index contributed by atoms with van der Waals surface area (Å²) in [6.07, 6.45) is 2.13. The molecular weight excluding hydrogens is 290 g/mol.